The van der Waals surface area contributed by atoms with Crippen LogP contribution < -0.4 is 19.1 Å². The van der Waals surface area contributed by atoms with Gasteiger partial charge in [-0.2, -0.15) is 10.2 Å². The summed E-state index contributed by atoms with van der Waals surface area (Å²) in [6, 6.07) is 26.4. The van der Waals surface area contributed by atoms with Crippen molar-refractivity contribution < 1.29 is 41.2 Å². The maximum atomic E-state index is 12.5. The third-order valence-electron chi connectivity index (χ3n) is 8.25. The molecule has 0 aliphatic carbocycles. The van der Waals surface area contributed by atoms with Crippen molar-refractivity contribution >= 4 is 43.5 Å². The van der Waals surface area contributed by atoms with Crippen LogP contribution >= 0.6 is 0 Å². The second kappa shape index (κ2) is 14.3. The molecule has 7 rings (SSSR count). The molecule has 0 spiro atoms. The van der Waals surface area contributed by atoms with Crippen LogP contribution in [0.3, 0.4) is 0 Å². The van der Waals surface area contributed by atoms with Crippen molar-refractivity contribution in [2.24, 2.45) is 9.98 Å². The Labute approximate surface area is 310 Å². The zero-order valence-electron chi connectivity index (χ0n) is 29.2. The first-order chi connectivity index (χ1) is 25.8. The number of fused-ring (bicyclic) bond motifs is 2. The first-order valence-electron chi connectivity index (χ1n) is 16.2. The fourth-order valence-electron chi connectivity index (χ4n) is 5.51. The van der Waals surface area contributed by atoms with Crippen LogP contribution in [-0.4, -0.2) is 73.1 Å². The molecular weight excluding hydrogens is 737 g/mol. The maximum absolute atomic E-state index is 12.5. The van der Waals surface area contributed by atoms with E-state index >= 15 is 0 Å². The first kappa shape index (κ1) is 36.1. The number of para-hydroxylation sites is 2. The van der Waals surface area contributed by atoms with Crippen LogP contribution in [0.2, 0.25) is 0 Å². The SMILES string of the molecule is Cc1nn(-c2ccccc2)c(OC2Oc3ccc(S(C)(=O)=O)cc3/N=C/c3c(C)nn(-c4ccccc4)c3O2)c1/C=N/c1cc(S(C)(=O)=O)ccc1OO. The highest BCUT2D eigenvalue weighted by atomic mass is 32.2. The Morgan fingerprint density at radius 2 is 1.39 bits per heavy atom. The van der Waals surface area contributed by atoms with E-state index in [1.54, 1.807) is 30.7 Å². The molecule has 276 valence electrons. The fourth-order valence-corrected chi connectivity index (χ4v) is 6.79. The molecule has 1 unspecified atom stereocenters. The van der Waals surface area contributed by atoms with Gasteiger partial charge in [0.1, 0.15) is 11.4 Å². The standard InChI is InChI=1S/C37H32N6O9S2/c1-23-29-21-38-31-19-27(53(3,45)46)15-17-33(31)49-37(50-35(29)42(40-23)25-11-7-5-8-12-25)51-36-30(24(2)41-43(36)26-13-9-6-10-14-26)22-39-32-20-28(54(4,47)48)16-18-34(32)52-44/h5-22,37,44H,1-4H3/b38-21+,39-22+. The normalized spacial score (nSPS) is 14.9. The lowest BCUT2D eigenvalue weighted by molar-refractivity contribution is -0.145. The van der Waals surface area contributed by atoms with E-state index in [2.05, 4.69) is 14.9 Å². The molecule has 3 heterocycles. The molecule has 15 nitrogen and oxygen atoms in total. The minimum absolute atomic E-state index is 0.00724. The molecule has 0 bridgehead atoms. The molecule has 6 aromatic rings. The summed E-state index contributed by atoms with van der Waals surface area (Å²) in [5, 5.41) is 19.0. The highest BCUT2D eigenvalue weighted by Gasteiger charge is 2.29. The molecule has 1 N–H and O–H groups in total. The molecule has 0 fully saturated rings. The number of hydrogen-bond donors (Lipinski definition) is 1. The van der Waals surface area contributed by atoms with E-state index < -0.39 is 26.2 Å². The highest BCUT2D eigenvalue weighted by molar-refractivity contribution is 7.91. The van der Waals surface area contributed by atoms with Gasteiger partial charge in [0.05, 0.1) is 43.7 Å². The van der Waals surface area contributed by atoms with Gasteiger partial charge in [-0.3, -0.25) is 9.98 Å². The summed E-state index contributed by atoms with van der Waals surface area (Å²) in [5.41, 5.74) is 3.26. The third kappa shape index (κ3) is 7.32. The van der Waals surface area contributed by atoms with E-state index in [9.17, 15) is 22.1 Å². The Bertz CT molecular complexity index is 2660. The van der Waals surface area contributed by atoms with Crippen LogP contribution in [0.5, 0.6) is 23.3 Å². The average molecular weight is 769 g/mol. The lowest BCUT2D eigenvalue weighted by Gasteiger charge is -2.22. The summed E-state index contributed by atoms with van der Waals surface area (Å²) in [6.45, 7) is 1.92. The quantitative estimate of drug-likeness (QED) is 0.104. The summed E-state index contributed by atoms with van der Waals surface area (Å²) < 4.78 is 72.2. The Balaban J connectivity index is 1.40. The lowest BCUT2D eigenvalue weighted by atomic mass is 10.2. The molecule has 0 saturated carbocycles. The monoisotopic (exact) mass is 768 g/mol. The van der Waals surface area contributed by atoms with Crippen molar-refractivity contribution in [2.45, 2.75) is 30.1 Å². The number of hydrogen-bond acceptors (Lipinski definition) is 13. The molecule has 0 radical (unpaired) electrons. The molecule has 1 atom stereocenters. The third-order valence-corrected chi connectivity index (χ3v) is 10.5. The summed E-state index contributed by atoms with van der Waals surface area (Å²) in [7, 11) is -7.23. The van der Waals surface area contributed by atoms with E-state index in [1.165, 1.54) is 53.5 Å². The first-order valence-corrected chi connectivity index (χ1v) is 20.0. The second-order valence-electron chi connectivity index (χ2n) is 12.2. The molecule has 0 amide bonds. The van der Waals surface area contributed by atoms with Gasteiger partial charge < -0.3 is 19.1 Å². The molecule has 2 aromatic heterocycles. The summed E-state index contributed by atoms with van der Waals surface area (Å²) in [5.74, 6) is 0.352. The molecule has 17 heteroatoms. The zero-order valence-corrected chi connectivity index (χ0v) is 30.8. The molecule has 1 aliphatic rings. The van der Waals surface area contributed by atoms with Crippen LogP contribution in [0, 0.1) is 13.8 Å². The molecular formula is C37H32N6O9S2. The van der Waals surface area contributed by atoms with Gasteiger partial charge in [0, 0.05) is 24.9 Å². The van der Waals surface area contributed by atoms with Crippen molar-refractivity contribution in [1.29, 1.82) is 0 Å². The van der Waals surface area contributed by atoms with E-state index in [-0.39, 0.29) is 44.4 Å². The van der Waals surface area contributed by atoms with Crippen molar-refractivity contribution in [3.63, 3.8) is 0 Å². The zero-order chi connectivity index (χ0) is 38.2. The van der Waals surface area contributed by atoms with Gasteiger partial charge in [0.2, 0.25) is 11.8 Å². The Morgan fingerprint density at radius 1 is 0.778 bits per heavy atom. The van der Waals surface area contributed by atoms with Crippen LogP contribution in [0.15, 0.2) is 117 Å². The number of ether oxygens (including phenoxy) is 3. The van der Waals surface area contributed by atoms with Gasteiger partial charge in [-0.1, -0.05) is 36.4 Å². The van der Waals surface area contributed by atoms with E-state index in [0.717, 1.165) is 12.5 Å². The van der Waals surface area contributed by atoms with Crippen molar-refractivity contribution in [1.82, 2.24) is 19.6 Å². The predicted octanol–water partition coefficient (Wildman–Crippen LogP) is 5.97. The van der Waals surface area contributed by atoms with Gasteiger partial charge in [-0.05, 0) is 74.5 Å². The number of aliphatic imine (C=N–C) groups is 2. The smallest absolute Gasteiger partial charge is 0.409 e. The van der Waals surface area contributed by atoms with Crippen LogP contribution in [-0.2, 0) is 19.7 Å². The molecule has 0 saturated heterocycles. The minimum Gasteiger partial charge on any atom is -0.420 e. The average Bonchev–Trinajstić information content (AvgIpc) is 3.65. The van der Waals surface area contributed by atoms with Crippen molar-refractivity contribution in [3.05, 3.63) is 120 Å². The van der Waals surface area contributed by atoms with E-state index in [1.807, 2.05) is 48.5 Å². The summed E-state index contributed by atoms with van der Waals surface area (Å²) >= 11 is 0. The van der Waals surface area contributed by atoms with Crippen LogP contribution in [0.25, 0.3) is 11.4 Å². The number of nitrogens with zero attached hydrogens (tertiary/aromatic N) is 6. The van der Waals surface area contributed by atoms with Gasteiger partial charge in [-0.25, -0.2) is 31.5 Å². The largest absolute Gasteiger partial charge is 0.420 e. The Hall–Kier alpha value is -6.30. The number of aryl methyl sites for hydroxylation is 2. The maximum Gasteiger partial charge on any atom is 0.409 e. The van der Waals surface area contributed by atoms with Gasteiger partial charge >= 0.3 is 6.48 Å². The van der Waals surface area contributed by atoms with Gasteiger partial charge in [-0.15, -0.1) is 0 Å². The topological polar surface area (TPSA) is 186 Å². The number of aromatic nitrogens is 4. The number of benzene rings is 4. The minimum atomic E-state index is -3.63. The predicted molar refractivity (Wildman–Crippen MR) is 199 cm³/mol. The summed E-state index contributed by atoms with van der Waals surface area (Å²) in [4.78, 5) is 13.5. The summed E-state index contributed by atoms with van der Waals surface area (Å²) in [6.07, 6.45) is 5.05. The van der Waals surface area contributed by atoms with E-state index in [0.29, 0.717) is 33.9 Å². The lowest BCUT2D eigenvalue weighted by Crippen LogP contribution is -2.32. The van der Waals surface area contributed by atoms with Gasteiger partial charge in [0.25, 0.3) is 0 Å². The highest BCUT2D eigenvalue weighted by Crippen LogP contribution is 2.37. The Kier molecular flexibility index (Phi) is 9.53. The van der Waals surface area contributed by atoms with Crippen LogP contribution in [0.1, 0.15) is 22.5 Å². The van der Waals surface area contributed by atoms with Gasteiger partial charge in [0.15, 0.2) is 31.2 Å². The van der Waals surface area contributed by atoms with Crippen molar-refractivity contribution in [2.75, 3.05) is 12.5 Å². The molecule has 4 aromatic carbocycles. The molecule has 1 aliphatic heterocycles. The second-order valence-corrected chi connectivity index (χ2v) is 16.2. The fraction of sp³-hybridized carbons (Fsp3) is 0.135. The Morgan fingerprint density at radius 3 is 2.04 bits per heavy atom. The number of rotatable bonds is 9. The van der Waals surface area contributed by atoms with E-state index in [4.69, 9.17) is 24.4 Å². The van der Waals surface area contributed by atoms with Crippen LogP contribution in [0.4, 0.5) is 11.4 Å². The molecule has 54 heavy (non-hydrogen) atoms. The number of sulfone groups is 2. The van der Waals surface area contributed by atoms with Crippen molar-refractivity contribution in [3.8, 4) is 34.6 Å².